The van der Waals surface area contributed by atoms with Crippen molar-refractivity contribution in [3.8, 4) is 5.75 Å². The second kappa shape index (κ2) is 8.10. The third-order valence-electron chi connectivity index (χ3n) is 3.80. The summed E-state index contributed by atoms with van der Waals surface area (Å²) in [5, 5.41) is 14.5. The largest absolute Gasteiger partial charge is 0.497 e. The number of hydrogen-bond donors (Lipinski definition) is 2. The molecular weight excluding hydrogens is 314 g/mol. The van der Waals surface area contributed by atoms with Gasteiger partial charge in [0, 0.05) is 12.2 Å². The summed E-state index contributed by atoms with van der Waals surface area (Å²) >= 11 is 0. The maximum atomic E-state index is 5.24. The fourth-order valence-corrected chi connectivity index (χ4v) is 2.44. The molecule has 2 N–H and O–H groups in total. The lowest BCUT2D eigenvalue weighted by molar-refractivity contribution is 0.414. The number of nitrogens with zero attached hydrogens (tertiary/aromatic N) is 3. The predicted molar refractivity (Wildman–Crippen MR) is 99.5 cm³/mol. The van der Waals surface area contributed by atoms with Gasteiger partial charge in [0.25, 0.3) is 0 Å². The molecule has 1 aromatic heterocycles. The molecule has 3 aromatic rings. The van der Waals surface area contributed by atoms with Crippen LogP contribution in [-0.4, -0.2) is 28.8 Å². The second-order valence-electron chi connectivity index (χ2n) is 5.63. The third-order valence-corrected chi connectivity index (χ3v) is 3.80. The molecule has 0 saturated heterocycles. The summed E-state index contributed by atoms with van der Waals surface area (Å²) in [5.74, 6) is 2.03. The van der Waals surface area contributed by atoms with E-state index in [2.05, 4.69) is 31.9 Å². The quantitative estimate of drug-likeness (QED) is 0.687. The van der Waals surface area contributed by atoms with E-state index in [1.165, 1.54) is 5.56 Å². The van der Waals surface area contributed by atoms with Crippen LogP contribution in [0.4, 0.5) is 17.5 Å². The van der Waals surface area contributed by atoms with Crippen molar-refractivity contribution in [3.63, 3.8) is 0 Å². The van der Waals surface area contributed by atoms with Crippen LogP contribution in [-0.2, 0) is 6.42 Å². The van der Waals surface area contributed by atoms with Gasteiger partial charge in [-0.25, -0.2) is 0 Å². The lowest BCUT2D eigenvalue weighted by Crippen LogP contribution is -2.09. The maximum absolute atomic E-state index is 5.24. The summed E-state index contributed by atoms with van der Waals surface area (Å²) in [6, 6.07) is 16.0. The molecule has 128 valence electrons. The summed E-state index contributed by atoms with van der Waals surface area (Å²) in [6.07, 6.45) is 2.48. The van der Waals surface area contributed by atoms with Crippen LogP contribution in [0, 0.1) is 6.92 Å². The highest BCUT2D eigenvalue weighted by atomic mass is 16.5. The Balaban J connectivity index is 1.59. The van der Waals surface area contributed by atoms with E-state index in [1.54, 1.807) is 13.3 Å². The van der Waals surface area contributed by atoms with Crippen LogP contribution >= 0.6 is 0 Å². The van der Waals surface area contributed by atoms with Gasteiger partial charge in [-0.3, -0.25) is 0 Å². The first kappa shape index (κ1) is 16.7. The van der Waals surface area contributed by atoms with Crippen LogP contribution in [0.25, 0.3) is 0 Å². The zero-order valence-corrected chi connectivity index (χ0v) is 14.4. The number of hydrogen-bond acceptors (Lipinski definition) is 6. The molecule has 0 atom stereocenters. The van der Waals surface area contributed by atoms with Gasteiger partial charge in [-0.2, -0.15) is 10.1 Å². The molecule has 0 aliphatic rings. The Morgan fingerprint density at radius 3 is 2.80 bits per heavy atom. The maximum Gasteiger partial charge on any atom is 0.249 e. The Bertz CT molecular complexity index is 837. The molecule has 25 heavy (non-hydrogen) atoms. The third kappa shape index (κ3) is 4.67. The van der Waals surface area contributed by atoms with Crippen LogP contribution in [0.1, 0.15) is 11.1 Å². The highest BCUT2D eigenvalue weighted by Gasteiger charge is 2.03. The average Bonchev–Trinajstić information content (AvgIpc) is 2.64. The van der Waals surface area contributed by atoms with E-state index in [4.69, 9.17) is 4.74 Å². The van der Waals surface area contributed by atoms with Gasteiger partial charge in [-0.1, -0.05) is 30.3 Å². The molecule has 0 aliphatic carbocycles. The van der Waals surface area contributed by atoms with Crippen molar-refractivity contribution in [2.75, 3.05) is 24.3 Å². The van der Waals surface area contributed by atoms with Gasteiger partial charge < -0.3 is 15.4 Å². The van der Waals surface area contributed by atoms with E-state index < -0.39 is 0 Å². The molecule has 6 nitrogen and oxygen atoms in total. The second-order valence-corrected chi connectivity index (χ2v) is 5.63. The SMILES string of the molecule is COc1cccc(CCNc2cnnc(Nc3ccccc3C)n2)c1. The van der Waals surface area contributed by atoms with Crippen LogP contribution < -0.4 is 15.4 Å². The standard InChI is InChI=1S/C19H21N5O/c1-14-6-3-4-9-17(14)22-19-23-18(13-21-24-19)20-11-10-15-7-5-8-16(12-15)25-2/h3-9,12-13H,10-11H2,1-2H3,(H2,20,22,23,24). The lowest BCUT2D eigenvalue weighted by atomic mass is 10.1. The van der Waals surface area contributed by atoms with Crippen molar-refractivity contribution in [2.24, 2.45) is 0 Å². The van der Waals surface area contributed by atoms with Gasteiger partial charge >= 0.3 is 0 Å². The zero-order valence-electron chi connectivity index (χ0n) is 14.4. The highest BCUT2D eigenvalue weighted by Crippen LogP contribution is 2.17. The minimum absolute atomic E-state index is 0.473. The molecule has 6 heteroatoms. The Hall–Kier alpha value is -3.15. The fraction of sp³-hybridized carbons (Fsp3) is 0.211. The number of rotatable bonds is 7. The summed E-state index contributed by atoms with van der Waals surface area (Å²) in [5.41, 5.74) is 3.30. The molecule has 0 fully saturated rings. The molecule has 0 saturated carbocycles. The molecule has 0 aliphatic heterocycles. The topological polar surface area (TPSA) is 72.0 Å². The summed E-state index contributed by atoms with van der Waals surface area (Å²) in [4.78, 5) is 4.45. The number of anilines is 3. The first-order chi connectivity index (χ1) is 12.2. The number of nitrogens with one attached hydrogen (secondary N) is 2. The lowest BCUT2D eigenvalue weighted by Gasteiger charge is -2.09. The Morgan fingerprint density at radius 2 is 1.96 bits per heavy atom. The van der Waals surface area contributed by atoms with E-state index in [0.717, 1.165) is 30.0 Å². The van der Waals surface area contributed by atoms with Crippen molar-refractivity contribution in [3.05, 3.63) is 65.9 Å². The van der Waals surface area contributed by atoms with Crippen molar-refractivity contribution < 1.29 is 4.74 Å². The highest BCUT2D eigenvalue weighted by molar-refractivity contribution is 5.58. The zero-order chi connectivity index (χ0) is 17.5. The van der Waals surface area contributed by atoms with Crippen molar-refractivity contribution in [1.29, 1.82) is 0 Å². The molecule has 1 heterocycles. The van der Waals surface area contributed by atoms with Gasteiger partial charge in [0.05, 0.1) is 13.3 Å². The molecule has 0 amide bonds. The normalized spacial score (nSPS) is 10.3. The van der Waals surface area contributed by atoms with Gasteiger partial charge in [-0.05, 0) is 42.7 Å². The molecule has 0 unspecified atom stereocenters. The minimum atomic E-state index is 0.473. The van der Waals surface area contributed by atoms with Gasteiger partial charge in [0.15, 0.2) is 5.82 Å². The van der Waals surface area contributed by atoms with Crippen molar-refractivity contribution >= 4 is 17.5 Å². The van der Waals surface area contributed by atoms with Crippen molar-refractivity contribution in [1.82, 2.24) is 15.2 Å². The number of aromatic nitrogens is 3. The van der Waals surface area contributed by atoms with E-state index in [1.807, 2.05) is 49.4 Å². The number of benzene rings is 2. The summed E-state index contributed by atoms with van der Waals surface area (Å²) < 4.78 is 5.24. The molecule has 0 radical (unpaired) electrons. The molecule has 2 aromatic carbocycles. The average molecular weight is 335 g/mol. The van der Waals surface area contributed by atoms with Gasteiger partial charge in [-0.15, -0.1) is 5.10 Å². The number of ether oxygens (including phenoxy) is 1. The Kier molecular flexibility index (Phi) is 5.41. The van der Waals surface area contributed by atoms with Crippen LogP contribution in [0.2, 0.25) is 0 Å². The van der Waals surface area contributed by atoms with Crippen molar-refractivity contribution in [2.45, 2.75) is 13.3 Å². The van der Waals surface area contributed by atoms with E-state index in [0.29, 0.717) is 11.8 Å². The van der Waals surface area contributed by atoms with Crippen LogP contribution in [0.15, 0.2) is 54.7 Å². The van der Waals surface area contributed by atoms with E-state index >= 15 is 0 Å². The first-order valence-corrected chi connectivity index (χ1v) is 8.14. The van der Waals surface area contributed by atoms with E-state index in [-0.39, 0.29) is 0 Å². The fourth-order valence-electron chi connectivity index (χ4n) is 2.44. The van der Waals surface area contributed by atoms with Gasteiger partial charge in [0.2, 0.25) is 5.95 Å². The molecule has 0 bridgehead atoms. The number of methoxy groups -OCH3 is 1. The molecular formula is C19H21N5O. The minimum Gasteiger partial charge on any atom is -0.497 e. The Morgan fingerprint density at radius 1 is 1.08 bits per heavy atom. The summed E-state index contributed by atoms with van der Waals surface area (Å²) in [6.45, 7) is 2.78. The number of aryl methyl sites for hydroxylation is 1. The van der Waals surface area contributed by atoms with E-state index in [9.17, 15) is 0 Å². The molecule has 0 spiro atoms. The predicted octanol–water partition coefficient (Wildman–Crippen LogP) is 3.59. The smallest absolute Gasteiger partial charge is 0.249 e. The van der Waals surface area contributed by atoms with Gasteiger partial charge in [0.1, 0.15) is 5.75 Å². The summed E-state index contributed by atoms with van der Waals surface area (Å²) in [7, 11) is 1.67. The van der Waals surface area contributed by atoms with Crippen LogP contribution in [0.3, 0.4) is 0 Å². The van der Waals surface area contributed by atoms with Crippen LogP contribution in [0.5, 0.6) is 5.75 Å². The molecule has 3 rings (SSSR count). The monoisotopic (exact) mass is 335 g/mol. The Labute approximate surface area is 147 Å². The number of para-hydroxylation sites is 1. The first-order valence-electron chi connectivity index (χ1n) is 8.14.